The van der Waals surface area contributed by atoms with Gasteiger partial charge in [-0.1, -0.05) is 18.2 Å². The van der Waals surface area contributed by atoms with Gasteiger partial charge in [-0.3, -0.25) is 0 Å². The van der Waals surface area contributed by atoms with Gasteiger partial charge in [-0.15, -0.1) is 0 Å². The molecule has 0 aliphatic rings. The molecule has 0 fully saturated rings. The van der Waals surface area contributed by atoms with Gasteiger partial charge in [0, 0.05) is 18.0 Å². The van der Waals surface area contributed by atoms with Gasteiger partial charge in [-0.2, -0.15) is 0 Å². The lowest BCUT2D eigenvalue weighted by Crippen LogP contribution is -2.25. The third kappa shape index (κ3) is 3.86. The molecule has 0 bridgehead atoms. The molecule has 0 spiro atoms. The van der Waals surface area contributed by atoms with Crippen LogP contribution in [-0.2, 0) is 16.6 Å². The van der Waals surface area contributed by atoms with Crippen molar-refractivity contribution >= 4 is 16.0 Å². The summed E-state index contributed by atoms with van der Waals surface area (Å²) in [5, 5.41) is 9.16. The normalized spacial score (nSPS) is 11.3. The fourth-order valence-electron chi connectivity index (χ4n) is 1.78. The van der Waals surface area contributed by atoms with Crippen LogP contribution in [0.3, 0.4) is 0 Å². The molecule has 0 aliphatic heterocycles. The minimum atomic E-state index is -3.31. The first kappa shape index (κ1) is 16.1. The van der Waals surface area contributed by atoms with Crippen LogP contribution in [0.5, 0.6) is 0 Å². The molecule has 8 heteroatoms. The maximum absolute atomic E-state index is 11.3. The van der Waals surface area contributed by atoms with Gasteiger partial charge >= 0.3 is 5.97 Å². The highest BCUT2D eigenvalue weighted by Gasteiger charge is 2.12. The summed E-state index contributed by atoms with van der Waals surface area (Å²) in [4.78, 5) is 19.3. The molecule has 0 unspecified atom stereocenters. The molecule has 0 atom stereocenters. The number of carbonyl (C=O) groups is 1. The van der Waals surface area contributed by atoms with Gasteiger partial charge in [0.1, 0.15) is 5.82 Å². The van der Waals surface area contributed by atoms with Crippen molar-refractivity contribution in [1.82, 2.24) is 14.7 Å². The molecule has 7 nitrogen and oxygen atoms in total. The highest BCUT2D eigenvalue weighted by molar-refractivity contribution is 7.89. The number of nitrogens with one attached hydrogen (secondary N) is 1. The van der Waals surface area contributed by atoms with Crippen molar-refractivity contribution in [3.8, 4) is 11.1 Å². The topological polar surface area (TPSA) is 109 Å². The predicted molar refractivity (Wildman–Crippen MR) is 80.7 cm³/mol. The van der Waals surface area contributed by atoms with Crippen LogP contribution in [0.1, 0.15) is 23.1 Å². The van der Waals surface area contributed by atoms with Gasteiger partial charge < -0.3 is 5.11 Å². The molecule has 116 valence electrons. The second-order valence-corrected chi connectivity index (χ2v) is 6.56. The average molecular weight is 321 g/mol. The zero-order valence-electron chi connectivity index (χ0n) is 11.9. The highest BCUT2D eigenvalue weighted by atomic mass is 32.2. The van der Waals surface area contributed by atoms with Crippen molar-refractivity contribution in [2.45, 2.75) is 13.5 Å². The van der Waals surface area contributed by atoms with E-state index in [1.807, 2.05) is 0 Å². The first-order valence-electron chi connectivity index (χ1n) is 6.54. The first-order chi connectivity index (χ1) is 10.4. The second-order valence-electron chi connectivity index (χ2n) is 4.46. The first-order valence-corrected chi connectivity index (χ1v) is 8.19. The van der Waals surface area contributed by atoms with Crippen LogP contribution in [0.4, 0.5) is 0 Å². The Morgan fingerprint density at radius 3 is 2.45 bits per heavy atom. The van der Waals surface area contributed by atoms with Crippen LogP contribution in [0.2, 0.25) is 0 Å². The number of aromatic carboxylic acids is 1. The Morgan fingerprint density at radius 1 is 1.23 bits per heavy atom. The molecular formula is C14H15N3O4S. The number of aromatic nitrogens is 2. The number of hydrogen-bond donors (Lipinski definition) is 2. The van der Waals surface area contributed by atoms with Crippen molar-refractivity contribution in [2.24, 2.45) is 0 Å². The summed E-state index contributed by atoms with van der Waals surface area (Å²) < 4.78 is 25.1. The van der Waals surface area contributed by atoms with Crippen molar-refractivity contribution < 1.29 is 18.3 Å². The van der Waals surface area contributed by atoms with E-state index in [2.05, 4.69) is 14.7 Å². The van der Waals surface area contributed by atoms with Gasteiger partial charge in [0.05, 0.1) is 17.9 Å². The van der Waals surface area contributed by atoms with E-state index in [1.54, 1.807) is 18.2 Å². The van der Waals surface area contributed by atoms with Crippen molar-refractivity contribution in [1.29, 1.82) is 0 Å². The van der Waals surface area contributed by atoms with Crippen LogP contribution in [0, 0.1) is 0 Å². The van der Waals surface area contributed by atoms with Crippen LogP contribution < -0.4 is 4.72 Å². The van der Waals surface area contributed by atoms with E-state index in [-0.39, 0.29) is 17.9 Å². The Labute approximate surface area is 128 Å². The maximum Gasteiger partial charge on any atom is 0.336 e. The SMILES string of the molecule is CCS(=O)(=O)NCc1ncc(-c2ccccc2C(=O)O)cn1. The van der Waals surface area contributed by atoms with E-state index in [4.69, 9.17) is 5.11 Å². The number of rotatable bonds is 6. The molecule has 1 heterocycles. The number of carboxylic acid groups (broad SMARTS) is 1. The number of sulfonamides is 1. The summed E-state index contributed by atoms with van der Waals surface area (Å²) in [5.74, 6) is -0.735. The third-order valence-electron chi connectivity index (χ3n) is 3.00. The Bertz CT molecular complexity index is 773. The smallest absolute Gasteiger partial charge is 0.336 e. The van der Waals surface area contributed by atoms with Crippen LogP contribution in [-0.4, -0.2) is 35.2 Å². The van der Waals surface area contributed by atoms with E-state index in [1.165, 1.54) is 25.4 Å². The Kier molecular flexibility index (Phi) is 4.84. The summed E-state index contributed by atoms with van der Waals surface area (Å²) in [5.41, 5.74) is 1.22. The van der Waals surface area contributed by atoms with E-state index in [9.17, 15) is 13.2 Å². The molecule has 0 saturated carbocycles. The van der Waals surface area contributed by atoms with E-state index in [0.29, 0.717) is 17.0 Å². The summed E-state index contributed by atoms with van der Waals surface area (Å²) in [7, 11) is -3.31. The quantitative estimate of drug-likeness (QED) is 0.829. The van der Waals surface area contributed by atoms with Gasteiger partial charge in [0.15, 0.2) is 0 Å². The summed E-state index contributed by atoms with van der Waals surface area (Å²) in [6.45, 7) is 1.53. The zero-order valence-corrected chi connectivity index (χ0v) is 12.7. The largest absolute Gasteiger partial charge is 0.478 e. The molecule has 0 amide bonds. The molecule has 0 radical (unpaired) electrons. The molecule has 2 rings (SSSR count). The summed E-state index contributed by atoms with van der Waals surface area (Å²) >= 11 is 0. The highest BCUT2D eigenvalue weighted by Crippen LogP contribution is 2.22. The lowest BCUT2D eigenvalue weighted by atomic mass is 10.0. The molecule has 22 heavy (non-hydrogen) atoms. The van der Waals surface area contributed by atoms with Crippen LogP contribution in [0.25, 0.3) is 11.1 Å². The van der Waals surface area contributed by atoms with Crippen molar-refractivity contribution in [2.75, 3.05) is 5.75 Å². The minimum absolute atomic E-state index is 0.00295. The van der Waals surface area contributed by atoms with Gasteiger partial charge in [0.25, 0.3) is 0 Å². The number of carboxylic acids is 1. The summed E-state index contributed by atoms with van der Waals surface area (Å²) in [6, 6.07) is 6.54. The second kappa shape index (κ2) is 6.63. The van der Waals surface area contributed by atoms with E-state index < -0.39 is 16.0 Å². The molecule has 2 N–H and O–H groups in total. The lowest BCUT2D eigenvalue weighted by molar-refractivity contribution is 0.0697. The number of benzene rings is 1. The summed E-state index contributed by atoms with van der Waals surface area (Å²) in [6.07, 6.45) is 2.95. The molecule has 0 aliphatic carbocycles. The lowest BCUT2D eigenvalue weighted by Gasteiger charge is -2.07. The van der Waals surface area contributed by atoms with Gasteiger partial charge in [-0.05, 0) is 18.6 Å². The fraction of sp³-hybridized carbons (Fsp3) is 0.214. The fourth-order valence-corrected chi connectivity index (χ4v) is 2.34. The minimum Gasteiger partial charge on any atom is -0.478 e. The van der Waals surface area contributed by atoms with Gasteiger partial charge in [0.2, 0.25) is 10.0 Å². The van der Waals surface area contributed by atoms with Crippen LogP contribution in [0.15, 0.2) is 36.7 Å². The van der Waals surface area contributed by atoms with Gasteiger partial charge in [-0.25, -0.2) is 27.9 Å². The molecular weight excluding hydrogens is 306 g/mol. The monoisotopic (exact) mass is 321 g/mol. The molecule has 0 saturated heterocycles. The van der Waals surface area contributed by atoms with E-state index >= 15 is 0 Å². The number of hydrogen-bond acceptors (Lipinski definition) is 5. The Balaban J connectivity index is 2.21. The van der Waals surface area contributed by atoms with Crippen molar-refractivity contribution in [3.05, 3.63) is 48.0 Å². The number of nitrogens with zero attached hydrogens (tertiary/aromatic N) is 2. The zero-order chi connectivity index (χ0) is 16.2. The standard InChI is InChI=1S/C14H15N3O4S/c1-2-22(20,21)17-9-13-15-7-10(8-16-13)11-5-3-4-6-12(11)14(18)19/h3-8,17H,2,9H2,1H3,(H,18,19). The Hall–Kier alpha value is -2.32. The van der Waals surface area contributed by atoms with E-state index in [0.717, 1.165) is 0 Å². The Morgan fingerprint density at radius 2 is 1.86 bits per heavy atom. The average Bonchev–Trinajstić information content (AvgIpc) is 2.53. The van der Waals surface area contributed by atoms with Crippen molar-refractivity contribution in [3.63, 3.8) is 0 Å². The van der Waals surface area contributed by atoms with Crippen LogP contribution >= 0.6 is 0 Å². The third-order valence-corrected chi connectivity index (χ3v) is 4.35. The predicted octanol–water partition coefficient (Wildman–Crippen LogP) is 1.28. The molecule has 2 aromatic rings. The maximum atomic E-state index is 11.3. The molecule has 1 aromatic carbocycles. The molecule has 1 aromatic heterocycles.